The predicted molar refractivity (Wildman–Crippen MR) is 85.5 cm³/mol. The first-order chi connectivity index (χ1) is 9.51. The lowest BCUT2D eigenvalue weighted by Gasteiger charge is -2.42. The minimum Gasteiger partial charge on any atom is -0.326 e. The van der Waals surface area contributed by atoms with Crippen LogP contribution in [0.5, 0.6) is 0 Å². The summed E-state index contributed by atoms with van der Waals surface area (Å²) in [5, 5.41) is 1.19. The van der Waals surface area contributed by atoms with Crippen LogP contribution in [-0.4, -0.2) is 34.5 Å². The van der Waals surface area contributed by atoms with E-state index in [1.807, 2.05) is 17.8 Å². The number of hydrogen-bond acceptors (Lipinski definition) is 3. The van der Waals surface area contributed by atoms with Crippen LogP contribution in [0.15, 0.2) is 24.3 Å². The van der Waals surface area contributed by atoms with Crippen molar-refractivity contribution in [1.82, 2.24) is 4.90 Å². The molecule has 0 saturated carbocycles. The van der Waals surface area contributed by atoms with E-state index in [2.05, 4.69) is 25.7 Å². The number of halogens is 1. The summed E-state index contributed by atoms with van der Waals surface area (Å²) in [7, 11) is 0. The minimum absolute atomic E-state index is 0.0410. The number of thioether (sulfide) groups is 1. The van der Waals surface area contributed by atoms with Crippen molar-refractivity contribution in [3.05, 3.63) is 35.6 Å². The average molecular weight is 296 g/mol. The highest BCUT2D eigenvalue weighted by atomic mass is 32.2. The van der Waals surface area contributed by atoms with E-state index in [0.29, 0.717) is 10.5 Å². The normalized spacial score (nSPS) is 27.2. The molecular formula is C16H25FN2S. The van der Waals surface area contributed by atoms with Gasteiger partial charge < -0.3 is 5.73 Å². The highest BCUT2D eigenvalue weighted by Gasteiger charge is 2.31. The van der Waals surface area contributed by atoms with Crippen molar-refractivity contribution in [2.75, 3.05) is 13.1 Å². The molecule has 1 aliphatic heterocycles. The molecule has 0 radical (unpaired) electrons. The van der Waals surface area contributed by atoms with Crippen LogP contribution in [0.3, 0.4) is 0 Å². The van der Waals surface area contributed by atoms with Crippen molar-refractivity contribution < 1.29 is 4.39 Å². The van der Waals surface area contributed by atoms with Gasteiger partial charge in [-0.05, 0) is 24.1 Å². The second-order valence-electron chi connectivity index (χ2n) is 5.78. The SMILES string of the molecule is CCC(N)C(c1cccc(F)c1)N1CC(C)SC(C)C1. The van der Waals surface area contributed by atoms with E-state index in [-0.39, 0.29) is 17.9 Å². The average Bonchev–Trinajstić information content (AvgIpc) is 2.37. The minimum atomic E-state index is -0.178. The largest absolute Gasteiger partial charge is 0.326 e. The molecule has 4 unspecified atom stereocenters. The van der Waals surface area contributed by atoms with Gasteiger partial charge in [0.25, 0.3) is 0 Å². The highest BCUT2D eigenvalue weighted by molar-refractivity contribution is 8.00. The molecule has 0 aliphatic carbocycles. The van der Waals surface area contributed by atoms with Gasteiger partial charge in [-0.1, -0.05) is 32.9 Å². The maximum absolute atomic E-state index is 13.6. The van der Waals surface area contributed by atoms with Gasteiger partial charge in [0.15, 0.2) is 0 Å². The Bertz CT molecular complexity index is 430. The van der Waals surface area contributed by atoms with E-state index < -0.39 is 0 Å². The van der Waals surface area contributed by atoms with Crippen LogP contribution in [0.4, 0.5) is 4.39 Å². The quantitative estimate of drug-likeness (QED) is 0.923. The summed E-state index contributed by atoms with van der Waals surface area (Å²) >= 11 is 2.02. The first-order valence-electron chi connectivity index (χ1n) is 7.41. The zero-order valence-corrected chi connectivity index (χ0v) is 13.4. The van der Waals surface area contributed by atoms with E-state index in [9.17, 15) is 4.39 Å². The van der Waals surface area contributed by atoms with E-state index in [4.69, 9.17) is 5.73 Å². The van der Waals surface area contributed by atoms with Crippen LogP contribution in [0.2, 0.25) is 0 Å². The summed E-state index contributed by atoms with van der Waals surface area (Å²) < 4.78 is 13.6. The maximum Gasteiger partial charge on any atom is 0.123 e. The standard InChI is InChI=1S/C16H25FN2S/c1-4-15(18)16(13-6-5-7-14(17)8-13)19-9-11(2)20-12(3)10-19/h5-8,11-12,15-16H,4,9-10,18H2,1-3H3. The molecule has 4 atom stereocenters. The topological polar surface area (TPSA) is 29.3 Å². The van der Waals surface area contributed by atoms with Gasteiger partial charge in [0.1, 0.15) is 5.82 Å². The fourth-order valence-electron chi connectivity index (χ4n) is 3.09. The number of rotatable bonds is 4. The molecule has 20 heavy (non-hydrogen) atoms. The molecule has 2 rings (SSSR count). The number of nitrogens with two attached hydrogens (primary N) is 1. The van der Waals surface area contributed by atoms with Crippen LogP contribution in [-0.2, 0) is 0 Å². The summed E-state index contributed by atoms with van der Waals surface area (Å²) in [5.74, 6) is -0.178. The second kappa shape index (κ2) is 6.92. The molecule has 2 N–H and O–H groups in total. The second-order valence-corrected chi connectivity index (χ2v) is 7.66. The molecule has 1 saturated heterocycles. The third kappa shape index (κ3) is 3.74. The van der Waals surface area contributed by atoms with Crippen LogP contribution < -0.4 is 5.73 Å². The first-order valence-corrected chi connectivity index (χ1v) is 8.36. The maximum atomic E-state index is 13.6. The lowest BCUT2D eigenvalue weighted by atomic mass is 9.95. The van der Waals surface area contributed by atoms with E-state index >= 15 is 0 Å². The Balaban J connectivity index is 2.27. The Morgan fingerprint density at radius 1 is 1.35 bits per heavy atom. The molecule has 112 valence electrons. The number of benzene rings is 1. The Hall–Kier alpha value is -0.580. The highest BCUT2D eigenvalue weighted by Crippen LogP contribution is 2.33. The summed E-state index contributed by atoms with van der Waals surface area (Å²) in [4.78, 5) is 2.44. The summed E-state index contributed by atoms with van der Waals surface area (Å²) in [6, 6.07) is 7.07. The molecule has 0 bridgehead atoms. The van der Waals surface area contributed by atoms with E-state index in [0.717, 1.165) is 25.1 Å². The van der Waals surface area contributed by atoms with Crippen LogP contribution in [0.25, 0.3) is 0 Å². The van der Waals surface area contributed by atoms with Gasteiger partial charge in [0.2, 0.25) is 0 Å². The molecule has 1 aliphatic rings. The zero-order chi connectivity index (χ0) is 14.7. The molecule has 2 nitrogen and oxygen atoms in total. The number of nitrogens with zero attached hydrogens (tertiary/aromatic N) is 1. The molecule has 1 fully saturated rings. The van der Waals surface area contributed by atoms with Gasteiger partial charge in [-0.2, -0.15) is 11.8 Å². The molecule has 4 heteroatoms. The molecule has 1 heterocycles. The van der Waals surface area contributed by atoms with Crippen molar-refractivity contribution in [2.45, 2.75) is 49.8 Å². The molecule has 0 aromatic heterocycles. The Kier molecular flexibility index (Phi) is 5.47. The summed E-state index contributed by atoms with van der Waals surface area (Å²) in [5.41, 5.74) is 7.36. The van der Waals surface area contributed by atoms with Crippen LogP contribution in [0, 0.1) is 5.82 Å². The lowest BCUT2D eigenvalue weighted by molar-refractivity contribution is 0.167. The third-order valence-corrected chi connectivity index (χ3v) is 5.14. The van der Waals surface area contributed by atoms with Gasteiger partial charge in [-0.25, -0.2) is 4.39 Å². The van der Waals surface area contributed by atoms with Crippen molar-refractivity contribution in [3.63, 3.8) is 0 Å². The smallest absolute Gasteiger partial charge is 0.123 e. The predicted octanol–water partition coefficient (Wildman–Crippen LogP) is 3.43. The van der Waals surface area contributed by atoms with Gasteiger partial charge in [-0.3, -0.25) is 4.90 Å². The number of hydrogen-bond donors (Lipinski definition) is 1. The molecule has 0 amide bonds. The summed E-state index contributed by atoms with van der Waals surface area (Å²) in [6.07, 6.45) is 0.896. The Morgan fingerprint density at radius 3 is 2.55 bits per heavy atom. The van der Waals surface area contributed by atoms with E-state index in [1.165, 1.54) is 6.07 Å². The fraction of sp³-hybridized carbons (Fsp3) is 0.625. The van der Waals surface area contributed by atoms with Gasteiger partial charge in [0.05, 0.1) is 6.04 Å². The molecule has 0 spiro atoms. The van der Waals surface area contributed by atoms with Gasteiger partial charge in [0, 0.05) is 29.6 Å². The van der Waals surface area contributed by atoms with Crippen LogP contribution >= 0.6 is 11.8 Å². The van der Waals surface area contributed by atoms with Crippen molar-refractivity contribution in [3.8, 4) is 0 Å². The monoisotopic (exact) mass is 296 g/mol. The lowest BCUT2D eigenvalue weighted by Crippen LogP contribution is -2.48. The zero-order valence-electron chi connectivity index (χ0n) is 12.6. The van der Waals surface area contributed by atoms with Crippen molar-refractivity contribution in [2.24, 2.45) is 5.73 Å². The molecular weight excluding hydrogens is 271 g/mol. The third-order valence-electron chi connectivity index (χ3n) is 3.91. The van der Waals surface area contributed by atoms with E-state index in [1.54, 1.807) is 12.1 Å². The summed E-state index contributed by atoms with van der Waals surface area (Å²) in [6.45, 7) is 8.65. The molecule has 1 aromatic rings. The Morgan fingerprint density at radius 2 is 2.00 bits per heavy atom. The van der Waals surface area contributed by atoms with Crippen molar-refractivity contribution in [1.29, 1.82) is 0 Å². The molecule has 1 aromatic carbocycles. The Labute approximate surface area is 125 Å². The van der Waals surface area contributed by atoms with Crippen molar-refractivity contribution >= 4 is 11.8 Å². The van der Waals surface area contributed by atoms with Gasteiger partial charge >= 0.3 is 0 Å². The fourth-order valence-corrected chi connectivity index (χ4v) is 4.44. The van der Waals surface area contributed by atoms with Crippen LogP contribution in [0.1, 0.15) is 38.8 Å². The first kappa shape index (κ1) is 15.8. The van der Waals surface area contributed by atoms with Gasteiger partial charge in [-0.15, -0.1) is 0 Å².